The molecular formula is C30H28N2O7. The highest BCUT2D eigenvalue weighted by molar-refractivity contribution is 6.22. The number of H-pyrrole nitrogens is 1. The predicted molar refractivity (Wildman–Crippen MR) is 143 cm³/mol. The van der Waals surface area contributed by atoms with E-state index in [1.807, 2.05) is 50.2 Å². The summed E-state index contributed by atoms with van der Waals surface area (Å²) in [6.45, 7) is 3.99. The summed E-state index contributed by atoms with van der Waals surface area (Å²) in [5.74, 6) is -6.32. The second-order valence-electron chi connectivity index (χ2n) is 11.0. The Morgan fingerprint density at radius 3 is 2.49 bits per heavy atom. The number of Topliss-reactive ketones (excluding diaryl/α,β-unsaturated/α-hetero) is 2. The van der Waals surface area contributed by atoms with E-state index in [2.05, 4.69) is 4.98 Å². The van der Waals surface area contributed by atoms with Crippen LogP contribution in [0.5, 0.6) is 5.75 Å². The van der Waals surface area contributed by atoms with Gasteiger partial charge in [0.15, 0.2) is 11.4 Å². The number of aromatic amines is 1. The van der Waals surface area contributed by atoms with Gasteiger partial charge in [0.2, 0.25) is 5.78 Å². The van der Waals surface area contributed by atoms with E-state index in [0.29, 0.717) is 16.8 Å². The van der Waals surface area contributed by atoms with Crippen LogP contribution in [-0.4, -0.2) is 48.5 Å². The van der Waals surface area contributed by atoms with Crippen molar-refractivity contribution in [3.63, 3.8) is 0 Å². The number of aliphatic hydroxyl groups excluding tert-OH is 2. The molecule has 3 atom stereocenters. The maximum Gasteiger partial charge on any atom is 0.255 e. The number of para-hydroxylation sites is 1. The number of carbonyl (C=O) groups is 3. The van der Waals surface area contributed by atoms with Gasteiger partial charge in [-0.3, -0.25) is 14.4 Å². The van der Waals surface area contributed by atoms with Gasteiger partial charge in [0.05, 0.1) is 11.3 Å². The van der Waals surface area contributed by atoms with Crippen LogP contribution < -0.4 is 5.73 Å². The van der Waals surface area contributed by atoms with Gasteiger partial charge in [0.1, 0.15) is 22.8 Å². The molecule has 39 heavy (non-hydrogen) atoms. The number of nitrogens with two attached hydrogens (primary N) is 1. The highest BCUT2D eigenvalue weighted by atomic mass is 16.3. The topological polar surface area (TPSA) is 174 Å². The third-order valence-electron chi connectivity index (χ3n) is 8.54. The number of ketones is 2. The van der Waals surface area contributed by atoms with Crippen molar-refractivity contribution in [3.8, 4) is 17.0 Å². The summed E-state index contributed by atoms with van der Waals surface area (Å²) in [6.07, 6.45) is 0.0387. The van der Waals surface area contributed by atoms with E-state index in [-0.39, 0.29) is 42.1 Å². The Balaban J connectivity index is 1.58. The number of fused-ring (bicyclic) bond motifs is 4. The molecule has 3 aromatic rings. The number of amides is 1. The molecule has 9 heteroatoms. The zero-order valence-electron chi connectivity index (χ0n) is 21.4. The van der Waals surface area contributed by atoms with Crippen LogP contribution in [-0.2, 0) is 20.8 Å². The number of hydrogen-bond donors (Lipinski definition) is 6. The van der Waals surface area contributed by atoms with Crippen LogP contribution >= 0.6 is 0 Å². The number of benzene rings is 2. The summed E-state index contributed by atoms with van der Waals surface area (Å²) in [4.78, 5) is 41.5. The molecule has 7 N–H and O–H groups in total. The summed E-state index contributed by atoms with van der Waals surface area (Å²) < 4.78 is 0. The van der Waals surface area contributed by atoms with E-state index in [1.165, 1.54) is 0 Å². The minimum Gasteiger partial charge on any atom is -0.508 e. The summed E-state index contributed by atoms with van der Waals surface area (Å²) in [6, 6.07) is 11.4. The van der Waals surface area contributed by atoms with E-state index in [0.717, 1.165) is 16.5 Å². The van der Waals surface area contributed by atoms with Gasteiger partial charge in [0.25, 0.3) is 5.91 Å². The predicted octanol–water partition coefficient (Wildman–Crippen LogP) is 3.70. The molecule has 2 aromatic carbocycles. The van der Waals surface area contributed by atoms with E-state index < -0.39 is 52.0 Å². The Bertz CT molecular complexity index is 1660. The lowest BCUT2D eigenvalue weighted by atomic mass is 9.59. The first-order chi connectivity index (χ1) is 18.4. The van der Waals surface area contributed by atoms with Gasteiger partial charge in [-0.2, -0.15) is 0 Å². The summed E-state index contributed by atoms with van der Waals surface area (Å²) in [7, 11) is 0. The van der Waals surface area contributed by atoms with Crippen LogP contribution in [0.3, 0.4) is 0 Å². The Hall–Kier alpha value is -4.37. The van der Waals surface area contributed by atoms with Crippen molar-refractivity contribution < 1.29 is 34.8 Å². The maximum atomic E-state index is 13.8. The molecule has 3 aliphatic rings. The molecule has 0 aliphatic heterocycles. The van der Waals surface area contributed by atoms with Gasteiger partial charge in [0, 0.05) is 34.4 Å². The molecule has 1 amide bonds. The lowest BCUT2D eigenvalue weighted by Crippen LogP contribution is -2.58. The van der Waals surface area contributed by atoms with Crippen LogP contribution in [0, 0.1) is 11.8 Å². The van der Waals surface area contributed by atoms with Crippen LogP contribution in [0.2, 0.25) is 0 Å². The lowest BCUT2D eigenvalue weighted by molar-refractivity contribution is -0.147. The van der Waals surface area contributed by atoms with Crippen molar-refractivity contribution in [3.05, 3.63) is 70.0 Å². The Labute approximate surface area is 223 Å². The number of phenols is 1. The minimum absolute atomic E-state index is 0.00872. The Morgan fingerprint density at radius 2 is 1.82 bits per heavy atom. The van der Waals surface area contributed by atoms with Crippen LogP contribution in [0.25, 0.3) is 27.9 Å². The molecule has 9 nitrogen and oxygen atoms in total. The van der Waals surface area contributed by atoms with Crippen molar-refractivity contribution in [2.75, 3.05) is 0 Å². The number of aromatic hydroxyl groups is 1. The van der Waals surface area contributed by atoms with Gasteiger partial charge in [-0.15, -0.1) is 0 Å². The summed E-state index contributed by atoms with van der Waals surface area (Å²) >= 11 is 0. The van der Waals surface area contributed by atoms with Crippen molar-refractivity contribution in [1.82, 2.24) is 4.98 Å². The molecule has 0 bridgehead atoms. The first kappa shape index (κ1) is 24.9. The number of rotatable bonds is 3. The van der Waals surface area contributed by atoms with E-state index in [4.69, 9.17) is 5.73 Å². The van der Waals surface area contributed by atoms with Gasteiger partial charge >= 0.3 is 0 Å². The van der Waals surface area contributed by atoms with Crippen molar-refractivity contribution >= 4 is 34.1 Å². The van der Waals surface area contributed by atoms with Crippen LogP contribution in [0.1, 0.15) is 49.3 Å². The Morgan fingerprint density at radius 1 is 1.10 bits per heavy atom. The normalized spacial score (nSPS) is 24.7. The smallest absolute Gasteiger partial charge is 0.255 e. The van der Waals surface area contributed by atoms with Gasteiger partial charge in [-0.1, -0.05) is 32.0 Å². The number of primary amides is 1. The largest absolute Gasteiger partial charge is 0.508 e. The van der Waals surface area contributed by atoms with Crippen molar-refractivity contribution in [2.45, 2.75) is 44.6 Å². The molecule has 0 unspecified atom stereocenters. The molecule has 1 heterocycles. The molecule has 0 saturated heterocycles. The average molecular weight is 529 g/mol. The lowest BCUT2D eigenvalue weighted by Gasteiger charge is -2.46. The first-order valence-electron chi connectivity index (χ1n) is 12.9. The second-order valence-corrected chi connectivity index (χ2v) is 11.0. The number of phenolic OH excluding ortho intramolecular Hbond substituents is 1. The number of aromatic nitrogens is 1. The molecule has 3 aliphatic carbocycles. The maximum absolute atomic E-state index is 13.8. The summed E-state index contributed by atoms with van der Waals surface area (Å²) in [5.41, 5.74) is 5.34. The number of nitrogens with one attached hydrogen (secondary N) is 1. The van der Waals surface area contributed by atoms with Gasteiger partial charge in [-0.25, -0.2) is 0 Å². The second kappa shape index (κ2) is 8.31. The molecule has 1 saturated carbocycles. The first-order valence-corrected chi connectivity index (χ1v) is 12.9. The molecular weight excluding hydrogens is 500 g/mol. The van der Waals surface area contributed by atoms with Crippen LogP contribution in [0.4, 0.5) is 0 Å². The standard InChI is InChI=1S/C30H28N2O7/c1-12(2)16-11-18(20-9-13-5-3-4-6-19(13)32-20)25(34)23-17(16)8-14-7-15-10-21(33)24(29(31)38)28(37)30(15,39)27(36)22(14)26(23)35/h3-6,9,11-12,14-15,32,34-35,37,39H,7-8,10H2,1-2H3,(H2,31,38)/t14-,15+,30+/m1/s1. The average Bonchev–Trinajstić information content (AvgIpc) is 3.30. The summed E-state index contributed by atoms with van der Waals surface area (Å²) in [5, 5.41) is 46.2. The zero-order valence-corrected chi connectivity index (χ0v) is 21.4. The number of hydrogen-bond acceptors (Lipinski definition) is 7. The van der Waals surface area contributed by atoms with Crippen molar-refractivity contribution in [1.29, 1.82) is 0 Å². The molecule has 1 aromatic heterocycles. The molecule has 0 radical (unpaired) electrons. The van der Waals surface area contributed by atoms with Crippen molar-refractivity contribution in [2.24, 2.45) is 17.6 Å². The SMILES string of the molecule is CC(C)c1cc(-c2cc3ccccc3[nH]2)c(O)c2c1C[C@H]1C[C@H]3CC(=O)C(C(N)=O)=C(O)[C@@]3(O)C(=O)C1=C2O. The minimum atomic E-state index is -2.58. The number of carbonyl (C=O) groups excluding carboxylic acids is 3. The fourth-order valence-corrected chi connectivity index (χ4v) is 6.66. The molecule has 1 fully saturated rings. The van der Waals surface area contributed by atoms with Crippen LogP contribution in [0.15, 0.2) is 53.3 Å². The van der Waals surface area contributed by atoms with E-state index in [1.54, 1.807) is 0 Å². The number of aliphatic hydroxyl groups is 3. The quantitative estimate of drug-likeness (QED) is 0.281. The highest BCUT2D eigenvalue weighted by Crippen LogP contribution is 2.54. The van der Waals surface area contributed by atoms with E-state index in [9.17, 15) is 34.8 Å². The fraction of sp³-hybridized carbons (Fsp3) is 0.300. The monoisotopic (exact) mass is 528 g/mol. The Kier molecular flexibility index (Phi) is 5.32. The zero-order chi connectivity index (χ0) is 28.0. The molecule has 0 spiro atoms. The fourth-order valence-electron chi connectivity index (χ4n) is 6.66. The molecule has 200 valence electrons. The van der Waals surface area contributed by atoms with Gasteiger partial charge in [-0.05, 0) is 54.0 Å². The third-order valence-corrected chi connectivity index (χ3v) is 8.54. The van der Waals surface area contributed by atoms with E-state index >= 15 is 0 Å². The third kappa shape index (κ3) is 3.32. The highest BCUT2D eigenvalue weighted by Gasteiger charge is 2.60. The molecule has 6 rings (SSSR count). The van der Waals surface area contributed by atoms with Gasteiger partial charge < -0.3 is 31.1 Å².